The summed E-state index contributed by atoms with van der Waals surface area (Å²) in [5.74, 6) is 1.91. The molecule has 0 radical (unpaired) electrons. The highest BCUT2D eigenvalue weighted by molar-refractivity contribution is 5.80. The van der Waals surface area contributed by atoms with Gasteiger partial charge in [0.05, 0.1) is 7.11 Å². The third-order valence-corrected chi connectivity index (χ3v) is 4.74. The fourth-order valence-corrected chi connectivity index (χ4v) is 3.23. The molecule has 0 aliphatic carbocycles. The van der Waals surface area contributed by atoms with Gasteiger partial charge in [0.25, 0.3) is 0 Å². The minimum Gasteiger partial charge on any atom is -0.497 e. The van der Waals surface area contributed by atoms with E-state index in [9.17, 15) is 0 Å². The van der Waals surface area contributed by atoms with E-state index in [1.807, 2.05) is 24.4 Å². The SMILES string of the molecule is CCNC(=NCCc1cccnc1)N1CCN(c2ccc(OC)cc2)CC1. The molecule has 0 unspecified atom stereocenters. The largest absolute Gasteiger partial charge is 0.497 e. The maximum Gasteiger partial charge on any atom is 0.194 e. The van der Waals surface area contributed by atoms with Gasteiger partial charge in [-0.25, -0.2) is 0 Å². The molecule has 1 aromatic heterocycles. The van der Waals surface area contributed by atoms with Gasteiger partial charge in [-0.3, -0.25) is 9.98 Å². The van der Waals surface area contributed by atoms with Gasteiger partial charge in [-0.05, 0) is 49.2 Å². The molecule has 1 aliphatic rings. The van der Waals surface area contributed by atoms with Crippen molar-refractivity contribution in [3.63, 3.8) is 0 Å². The quantitative estimate of drug-likeness (QED) is 0.628. The Morgan fingerprint density at radius 2 is 1.93 bits per heavy atom. The van der Waals surface area contributed by atoms with E-state index >= 15 is 0 Å². The first-order valence-electron chi connectivity index (χ1n) is 9.61. The van der Waals surface area contributed by atoms with Crippen LogP contribution in [0.1, 0.15) is 12.5 Å². The molecule has 0 saturated carbocycles. The number of benzene rings is 1. The first kappa shape index (κ1) is 19.0. The highest BCUT2D eigenvalue weighted by atomic mass is 16.5. The molecule has 3 rings (SSSR count). The van der Waals surface area contributed by atoms with Gasteiger partial charge in [0.2, 0.25) is 0 Å². The lowest BCUT2D eigenvalue weighted by Crippen LogP contribution is -2.52. The van der Waals surface area contributed by atoms with Crippen molar-refractivity contribution in [2.24, 2.45) is 4.99 Å². The minimum absolute atomic E-state index is 0.771. The smallest absolute Gasteiger partial charge is 0.194 e. The number of hydrogen-bond acceptors (Lipinski definition) is 4. The molecule has 1 fully saturated rings. The van der Waals surface area contributed by atoms with Gasteiger partial charge in [0, 0.05) is 57.3 Å². The zero-order valence-corrected chi connectivity index (χ0v) is 16.3. The number of rotatable bonds is 6. The molecular weight excluding hydrogens is 338 g/mol. The number of methoxy groups -OCH3 is 1. The number of aliphatic imine (C=N–C) groups is 1. The van der Waals surface area contributed by atoms with Crippen LogP contribution in [0.5, 0.6) is 5.75 Å². The molecule has 6 nitrogen and oxygen atoms in total. The lowest BCUT2D eigenvalue weighted by Gasteiger charge is -2.37. The third-order valence-electron chi connectivity index (χ3n) is 4.74. The Morgan fingerprint density at radius 1 is 1.15 bits per heavy atom. The van der Waals surface area contributed by atoms with E-state index in [0.29, 0.717) is 0 Å². The topological polar surface area (TPSA) is 53.0 Å². The van der Waals surface area contributed by atoms with Gasteiger partial charge in [0.1, 0.15) is 5.75 Å². The molecule has 2 aromatic rings. The molecule has 0 bridgehead atoms. The van der Waals surface area contributed by atoms with Crippen LogP contribution in [-0.2, 0) is 6.42 Å². The normalized spacial score (nSPS) is 15.0. The fourth-order valence-electron chi connectivity index (χ4n) is 3.23. The maximum absolute atomic E-state index is 5.25. The minimum atomic E-state index is 0.771. The van der Waals surface area contributed by atoms with E-state index in [2.05, 4.69) is 45.2 Å². The Kier molecular flexibility index (Phi) is 6.90. The Morgan fingerprint density at radius 3 is 2.56 bits per heavy atom. The van der Waals surface area contributed by atoms with Crippen molar-refractivity contribution in [1.82, 2.24) is 15.2 Å². The summed E-state index contributed by atoms with van der Waals surface area (Å²) in [7, 11) is 1.70. The van der Waals surface area contributed by atoms with Crippen molar-refractivity contribution >= 4 is 11.6 Å². The van der Waals surface area contributed by atoms with E-state index in [1.54, 1.807) is 13.3 Å². The summed E-state index contributed by atoms with van der Waals surface area (Å²) >= 11 is 0. The molecular formula is C21H29N5O. The average Bonchev–Trinajstić information content (AvgIpc) is 2.74. The Hall–Kier alpha value is -2.76. The van der Waals surface area contributed by atoms with Gasteiger partial charge in [-0.15, -0.1) is 0 Å². The Labute approximate surface area is 161 Å². The van der Waals surface area contributed by atoms with Crippen LogP contribution in [0.4, 0.5) is 5.69 Å². The van der Waals surface area contributed by atoms with Crippen molar-refractivity contribution in [3.05, 3.63) is 54.4 Å². The molecule has 144 valence electrons. The van der Waals surface area contributed by atoms with Crippen LogP contribution in [0.2, 0.25) is 0 Å². The van der Waals surface area contributed by atoms with E-state index in [-0.39, 0.29) is 0 Å². The lowest BCUT2D eigenvalue weighted by molar-refractivity contribution is 0.372. The molecule has 2 heterocycles. The first-order chi connectivity index (χ1) is 13.3. The Balaban J connectivity index is 1.55. The number of nitrogens with zero attached hydrogens (tertiary/aromatic N) is 4. The maximum atomic E-state index is 5.25. The summed E-state index contributed by atoms with van der Waals surface area (Å²) in [5, 5.41) is 3.43. The Bertz CT molecular complexity index is 709. The summed E-state index contributed by atoms with van der Waals surface area (Å²) < 4.78 is 5.25. The second-order valence-electron chi connectivity index (χ2n) is 6.52. The number of nitrogens with one attached hydrogen (secondary N) is 1. The van der Waals surface area contributed by atoms with Crippen molar-refractivity contribution < 1.29 is 4.74 Å². The fraction of sp³-hybridized carbons (Fsp3) is 0.429. The molecule has 1 aliphatic heterocycles. The molecule has 1 N–H and O–H groups in total. The average molecular weight is 367 g/mol. The van der Waals surface area contributed by atoms with Gasteiger partial charge in [0.15, 0.2) is 5.96 Å². The predicted molar refractivity (Wildman–Crippen MR) is 111 cm³/mol. The summed E-state index contributed by atoms with van der Waals surface area (Å²) in [6.07, 6.45) is 4.63. The van der Waals surface area contributed by atoms with Crippen molar-refractivity contribution in [1.29, 1.82) is 0 Å². The van der Waals surface area contributed by atoms with E-state index in [1.165, 1.54) is 11.3 Å². The molecule has 6 heteroatoms. The number of piperazine rings is 1. The van der Waals surface area contributed by atoms with Crippen molar-refractivity contribution in [2.75, 3.05) is 51.3 Å². The monoisotopic (exact) mass is 367 g/mol. The standard InChI is InChI=1S/C21H29N5O/c1-3-23-21(24-12-10-18-5-4-11-22-17-18)26-15-13-25(14-16-26)19-6-8-20(27-2)9-7-19/h4-9,11,17H,3,10,12-16H2,1-2H3,(H,23,24). The highest BCUT2D eigenvalue weighted by Gasteiger charge is 2.19. The van der Waals surface area contributed by atoms with Gasteiger partial charge >= 0.3 is 0 Å². The van der Waals surface area contributed by atoms with Gasteiger partial charge in [-0.1, -0.05) is 6.07 Å². The van der Waals surface area contributed by atoms with E-state index in [4.69, 9.17) is 9.73 Å². The summed E-state index contributed by atoms with van der Waals surface area (Å²) in [4.78, 5) is 13.8. The molecule has 1 saturated heterocycles. The highest BCUT2D eigenvalue weighted by Crippen LogP contribution is 2.20. The van der Waals surface area contributed by atoms with E-state index in [0.717, 1.165) is 57.4 Å². The van der Waals surface area contributed by atoms with Crippen molar-refractivity contribution in [2.45, 2.75) is 13.3 Å². The number of anilines is 1. The molecule has 0 spiro atoms. The van der Waals surface area contributed by atoms with Crippen LogP contribution in [0.15, 0.2) is 53.8 Å². The van der Waals surface area contributed by atoms with Crippen LogP contribution < -0.4 is 15.0 Å². The lowest BCUT2D eigenvalue weighted by atomic mass is 10.2. The molecule has 0 atom stereocenters. The van der Waals surface area contributed by atoms with E-state index < -0.39 is 0 Å². The molecule has 27 heavy (non-hydrogen) atoms. The summed E-state index contributed by atoms with van der Waals surface area (Å²) in [6.45, 7) is 7.66. The second kappa shape index (κ2) is 9.80. The van der Waals surface area contributed by atoms with Crippen molar-refractivity contribution in [3.8, 4) is 5.75 Å². The molecule has 1 aromatic carbocycles. The molecule has 0 amide bonds. The summed E-state index contributed by atoms with van der Waals surface area (Å²) in [5.41, 5.74) is 2.47. The van der Waals surface area contributed by atoms with Crippen LogP contribution in [0.25, 0.3) is 0 Å². The predicted octanol–water partition coefficient (Wildman–Crippen LogP) is 2.42. The number of hydrogen-bond donors (Lipinski definition) is 1. The number of aromatic nitrogens is 1. The first-order valence-corrected chi connectivity index (χ1v) is 9.61. The van der Waals surface area contributed by atoms with Gasteiger partial charge < -0.3 is 19.9 Å². The van der Waals surface area contributed by atoms with Crippen LogP contribution >= 0.6 is 0 Å². The van der Waals surface area contributed by atoms with Crippen LogP contribution in [0.3, 0.4) is 0 Å². The zero-order valence-electron chi connectivity index (χ0n) is 16.3. The van der Waals surface area contributed by atoms with Crippen LogP contribution in [-0.4, -0.2) is 62.2 Å². The summed E-state index contributed by atoms with van der Waals surface area (Å²) in [6, 6.07) is 12.4. The second-order valence-corrected chi connectivity index (χ2v) is 6.52. The van der Waals surface area contributed by atoms with Crippen LogP contribution in [0, 0.1) is 0 Å². The number of pyridine rings is 1. The third kappa shape index (κ3) is 5.36. The van der Waals surface area contributed by atoms with Gasteiger partial charge in [-0.2, -0.15) is 0 Å². The zero-order chi connectivity index (χ0) is 18.9. The number of guanidine groups is 1. The number of ether oxygens (including phenoxy) is 1.